The molecule has 2 aliphatic heterocycles. The predicted molar refractivity (Wildman–Crippen MR) is 70.3 cm³/mol. The molecule has 1 N–H and O–H groups in total. The van der Waals surface area contributed by atoms with Crippen molar-refractivity contribution in [3.8, 4) is 6.19 Å². The lowest BCUT2D eigenvalue weighted by Crippen LogP contribution is -2.27. The Kier molecular flexibility index (Phi) is 2.18. The smallest absolute Gasteiger partial charge is 0.188 e. The Bertz CT molecular complexity index is 482. The molecule has 3 heteroatoms. The third-order valence-electron chi connectivity index (χ3n) is 4.73. The number of nitrogens with zero attached hydrogens (tertiary/aromatic N) is 2. The molecule has 2 saturated heterocycles. The summed E-state index contributed by atoms with van der Waals surface area (Å²) in [6.07, 6.45) is 4.17. The molecule has 0 aromatic rings. The molecule has 0 bridgehead atoms. The fourth-order valence-electron chi connectivity index (χ4n) is 3.75. The monoisotopic (exact) mass is 239 g/mol. The first-order chi connectivity index (χ1) is 8.54. The van der Waals surface area contributed by atoms with E-state index >= 15 is 0 Å². The van der Waals surface area contributed by atoms with Crippen molar-refractivity contribution < 1.29 is 0 Å². The number of nitrogens with one attached hydrogen (secondary N) is 1. The van der Waals surface area contributed by atoms with Crippen LogP contribution >= 0.6 is 0 Å². The number of nitriles is 1. The van der Waals surface area contributed by atoms with Crippen LogP contribution in [-0.4, -0.2) is 4.90 Å². The van der Waals surface area contributed by atoms with Crippen LogP contribution < -0.4 is 5.32 Å². The van der Waals surface area contributed by atoms with Gasteiger partial charge in [-0.15, -0.1) is 0 Å². The summed E-state index contributed by atoms with van der Waals surface area (Å²) in [6, 6.07) is 0. The van der Waals surface area contributed by atoms with Crippen LogP contribution in [0, 0.1) is 35.1 Å². The van der Waals surface area contributed by atoms with Gasteiger partial charge in [-0.25, -0.2) is 0 Å². The van der Waals surface area contributed by atoms with Crippen molar-refractivity contribution in [3.63, 3.8) is 0 Å². The quantitative estimate of drug-likeness (QED) is 0.661. The summed E-state index contributed by atoms with van der Waals surface area (Å²) in [5.41, 5.74) is 3.93. The Hall–Kier alpha value is -1.95. The molecule has 3 rings (SSSR count). The summed E-state index contributed by atoms with van der Waals surface area (Å²) < 4.78 is 0. The van der Waals surface area contributed by atoms with Gasteiger partial charge in [0.25, 0.3) is 0 Å². The molecule has 4 unspecified atom stereocenters. The van der Waals surface area contributed by atoms with Crippen LogP contribution in [0.1, 0.15) is 12.8 Å². The van der Waals surface area contributed by atoms with Crippen LogP contribution in [0.15, 0.2) is 49.1 Å². The van der Waals surface area contributed by atoms with E-state index in [-0.39, 0.29) is 0 Å². The summed E-state index contributed by atoms with van der Waals surface area (Å²) in [5.74, 6) is 1.54. The zero-order valence-electron chi connectivity index (χ0n) is 10.4. The van der Waals surface area contributed by atoms with Crippen molar-refractivity contribution in [1.29, 1.82) is 5.26 Å². The Balaban J connectivity index is 1.94. The second kappa shape index (κ2) is 3.52. The predicted octanol–water partition coefficient (Wildman–Crippen LogP) is 2.70. The number of fused-ring (bicyclic) bond motifs is 2. The molecule has 0 amide bonds. The molecule has 3 nitrogen and oxygen atoms in total. The summed E-state index contributed by atoms with van der Waals surface area (Å²) in [6.45, 7) is 16.3. The third-order valence-corrected chi connectivity index (χ3v) is 4.73. The lowest BCUT2D eigenvalue weighted by Gasteiger charge is -2.33. The van der Waals surface area contributed by atoms with Crippen molar-refractivity contribution in [2.45, 2.75) is 12.8 Å². The Morgan fingerprint density at radius 2 is 1.39 bits per heavy atom. The van der Waals surface area contributed by atoms with Gasteiger partial charge in [0.2, 0.25) is 0 Å². The van der Waals surface area contributed by atoms with E-state index in [4.69, 9.17) is 5.26 Å². The minimum atomic E-state index is 0.336. The van der Waals surface area contributed by atoms with Crippen LogP contribution in [0.5, 0.6) is 0 Å². The Labute approximate surface area is 108 Å². The molecule has 3 fully saturated rings. The highest BCUT2D eigenvalue weighted by atomic mass is 15.2. The summed E-state index contributed by atoms with van der Waals surface area (Å²) in [4.78, 5) is 1.61. The number of hydrogen-bond acceptors (Lipinski definition) is 3. The molecular formula is C15H17N3. The van der Waals surface area contributed by atoms with E-state index in [1.807, 2.05) is 0 Å². The molecule has 18 heavy (non-hydrogen) atoms. The van der Waals surface area contributed by atoms with Crippen LogP contribution in [0.25, 0.3) is 0 Å². The van der Waals surface area contributed by atoms with Crippen LogP contribution in [-0.2, 0) is 0 Å². The molecule has 3 aliphatic rings. The van der Waals surface area contributed by atoms with Gasteiger partial charge in [-0.3, -0.25) is 4.90 Å². The first kappa shape index (κ1) is 11.2. The first-order valence-electron chi connectivity index (χ1n) is 6.26. The number of hydrogen-bond donors (Lipinski definition) is 1. The van der Waals surface area contributed by atoms with Gasteiger partial charge in [0, 0.05) is 46.5 Å². The summed E-state index contributed by atoms with van der Waals surface area (Å²) in [5, 5.41) is 12.4. The van der Waals surface area contributed by atoms with Crippen molar-refractivity contribution in [2.75, 3.05) is 0 Å². The normalized spacial score (nSPS) is 38.3. The fourth-order valence-corrected chi connectivity index (χ4v) is 3.75. The van der Waals surface area contributed by atoms with E-state index in [2.05, 4.69) is 37.8 Å². The van der Waals surface area contributed by atoms with Crippen LogP contribution in [0.2, 0.25) is 0 Å². The minimum Gasteiger partial charge on any atom is -0.363 e. The maximum Gasteiger partial charge on any atom is 0.188 e. The number of allylic oxidation sites excluding steroid dienone is 4. The number of likely N-dealkylation sites (tertiary alicyclic amines) is 1. The van der Waals surface area contributed by atoms with E-state index in [0.717, 1.165) is 35.6 Å². The van der Waals surface area contributed by atoms with Gasteiger partial charge < -0.3 is 5.32 Å². The maximum atomic E-state index is 9.17. The van der Waals surface area contributed by atoms with E-state index < -0.39 is 0 Å². The number of rotatable bonds is 0. The van der Waals surface area contributed by atoms with E-state index in [1.54, 1.807) is 4.90 Å². The molecular weight excluding hydrogens is 222 g/mol. The standard InChI is InChI=1S/C15H17N3/c1-8-12-5-14-10(3)18(7-16)11(4)15(14)6-13(12)9(2)17-8/h12-15,17H,1-6H2. The lowest BCUT2D eigenvalue weighted by atomic mass is 9.68. The Morgan fingerprint density at radius 1 is 0.944 bits per heavy atom. The van der Waals surface area contributed by atoms with Gasteiger partial charge in [0.1, 0.15) is 0 Å². The van der Waals surface area contributed by atoms with Crippen LogP contribution in [0.4, 0.5) is 0 Å². The van der Waals surface area contributed by atoms with Gasteiger partial charge in [0.05, 0.1) is 0 Å². The molecule has 92 valence electrons. The lowest BCUT2D eigenvalue weighted by molar-refractivity contribution is 0.234. The SMILES string of the molecule is C=C1NC(=C)C2CC3C(=C)N(C#N)C(=C)C3CC12. The fraction of sp³-hybridized carbons (Fsp3) is 0.400. The van der Waals surface area contributed by atoms with Gasteiger partial charge >= 0.3 is 0 Å². The van der Waals surface area contributed by atoms with Gasteiger partial charge in [-0.2, -0.15) is 5.26 Å². The molecule has 0 aromatic carbocycles. The summed E-state index contributed by atoms with van der Waals surface area (Å²) >= 11 is 0. The zero-order chi connectivity index (χ0) is 13.0. The van der Waals surface area contributed by atoms with E-state index in [9.17, 15) is 0 Å². The van der Waals surface area contributed by atoms with Gasteiger partial charge in [0.15, 0.2) is 6.19 Å². The Morgan fingerprint density at radius 3 is 1.78 bits per heavy atom. The molecule has 4 atom stereocenters. The van der Waals surface area contributed by atoms with Crippen molar-refractivity contribution >= 4 is 0 Å². The highest BCUT2D eigenvalue weighted by Crippen LogP contribution is 2.54. The topological polar surface area (TPSA) is 39.1 Å². The average Bonchev–Trinajstić information content (AvgIpc) is 2.75. The van der Waals surface area contributed by atoms with Gasteiger partial charge in [-0.1, -0.05) is 26.3 Å². The largest absolute Gasteiger partial charge is 0.363 e. The second-order valence-corrected chi connectivity index (χ2v) is 5.49. The highest BCUT2D eigenvalue weighted by Gasteiger charge is 2.49. The molecule has 0 radical (unpaired) electrons. The second-order valence-electron chi connectivity index (χ2n) is 5.49. The van der Waals surface area contributed by atoms with Crippen LogP contribution in [0.3, 0.4) is 0 Å². The summed E-state index contributed by atoms with van der Waals surface area (Å²) in [7, 11) is 0. The highest BCUT2D eigenvalue weighted by molar-refractivity contribution is 5.34. The molecule has 2 heterocycles. The molecule has 1 aliphatic carbocycles. The van der Waals surface area contributed by atoms with Crippen molar-refractivity contribution in [1.82, 2.24) is 10.2 Å². The maximum absolute atomic E-state index is 9.17. The van der Waals surface area contributed by atoms with Crippen molar-refractivity contribution in [2.24, 2.45) is 23.7 Å². The van der Waals surface area contributed by atoms with E-state index in [0.29, 0.717) is 23.7 Å². The van der Waals surface area contributed by atoms with E-state index in [1.165, 1.54) is 0 Å². The zero-order valence-corrected chi connectivity index (χ0v) is 10.4. The van der Waals surface area contributed by atoms with Gasteiger partial charge in [-0.05, 0) is 12.8 Å². The molecule has 0 spiro atoms. The third kappa shape index (κ3) is 1.23. The molecule has 1 saturated carbocycles. The average molecular weight is 239 g/mol. The first-order valence-corrected chi connectivity index (χ1v) is 6.26. The molecule has 0 aromatic heterocycles. The minimum absolute atomic E-state index is 0.336. The van der Waals surface area contributed by atoms with Crippen molar-refractivity contribution in [3.05, 3.63) is 49.1 Å².